The van der Waals surface area contributed by atoms with Crippen molar-refractivity contribution in [2.24, 2.45) is 0 Å². The van der Waals surface area contributed by atoms with E-state index in [0.29, 0.717) is 6.61 Å². The molecule has 3 rings (SSSR count). The molecule has 126 valence electrons. The molecule has 2 heterocycles. The number of nitrogens with one attached hydrogen (secondary N) is 1. The van der Waals surface area contributed by atoms with Gasteiger partial charge < -0.3 is 10.1 Å². The van der Waals surface area contributed by atoms with E-state index in [4.69, 9.17) is 4.74 Å². The summed E-state index contributed by atoms with van der Waals surface area (Å²) in [4.78, 5) is 5.55. The molecular formula is C18H22N4OS. The molecule has 0 radical (unpaired) electrons. The van der Waals surface area contributed by atoms with Gasteiger partial charge in [-0.1, -0.05) is 30.0 Å². The van der Waals surface area contributed by atoms with Crippen molar-refractivity contribution in [2.45, 2.75) is 26.8 Å². The summed E-state index contributed by atoms with van der Waals surface area (Å²) in [6.45, 7) is 10.0. The predicted molar refractivity (Wildman–Crippen MR) is 97.8 cm³/mol. The Morgan fingerprint density at radius 1 is 1.42 bits per heavy atom. The Balaban J connectivity index is 1.46. The highest BCUT2D eigenvalue weighted by Gasteiger charge is 2.05. The molecule has 1 N–H and O–H groups in total. The molecule has 0 atom stereocenters. The predicted octanol–water partition coefficient (Wildman–Crippen LogP) is 3.39. The summed E-state index contributed by atoms with van der Waals surface area (Å²) in [6.07, 6.45) is 2.90. The summed E-state index contributed by atoms with van der Waals surface area (Å²) in [6, 6.07) is 8.15. The van der Waals surface area contributed by atoms with Gasteiger partial charge >= 0.3 is 0 Å². The van der Waals surface area contributed by atoms with Crippen LogP contribution in [-0.2, 0) is 13.0 Å². The number of aromatic nitrogens is 3. The lowest BCUT2D eigenvalue weighted by Crippen LogP contribution is -2.16. The smallest absolute Gasteiger partial charge is 0.212 e. The number of hydrogen-bond donors (Lipinski definition) is 1. The lowest BCUT2D eigenvalue weighted by molar-refractivity contribution is 0.352. The van der Waals surface area contributed by atoms with Gasteiger partial charge in [0, 0.05) is 19.5 Å². The molecule has 3 aromatic rings. The fraction of sp³-hybridized carbons (Fsp3) is 0.333. The molecule has 0 aliphatic rings. The summed E-state index contributed by atoms with van der Waals surface area (Å²) in [5, 5.41) is 8.87. The van der Waals surface area contributed by atoms with Crippen molar-refractivity contribution in [3.8, 4) is 5.75 Å². The molecule has 0 amide bonds. The SMILES string of the molecule is C=C(C)COc1cccc(CNCCc2cn3nc(C)sc3n2)c1. The Bertz CT molecular complexity index is 805. The summed E-state index contributed by atoms with van der Waals surface area (Å²) in [7, 11) is 0. The van der Waals surface area contributed by atoms with Gasteiger partial charge in [0.1, 0.15) is 17.4 Å². The summed E-state index contributed by atoms with van der Waals surface area (Å²) in [5.41, 5.74) is 3.29. The van der Waals surface area contributed by atoms with Gasteiger partial charge in [-0.2, -0.15) is 5.10 Å². The molecule has 2 aromatic heterocycles. The summed E-state index contributed by atoms with van der Waals surface area (Å²) < 4.78 is 7.53. The first-order chi connectivity index (χ1) is 11.6. The number of imidazole rings is 1. The van der Waals surface area contributed by atoms with Gasteiger partial charge in [0.15, 0.2) is 0 Å². The van der Waals surface area contributed by atoms with Crippen molar-refractivity contribution in [3.63, 3.8) is 0 Å². The first-order valence-electron chi connectivity index (χ1n) is 7.99. The van der Waals surface area contributed by atoms with Gasteiger partial charge in [-0.25, -0.2) is 9.50 Å². The molecular weight excluding hydrogens is 320 g/mol. The van der Waals surface area contributed by atoms with Gasteiger partial charge in [0.05, 0.1) is 11.9 Å². The number of hydrogen-bond acceptors (Lipinski definition) is 5. The quantitative estimate of drug-likeness (QED) is 0.504. The van der Waals surface area contributed by atoms with Crippen LogP contribution in [0.5, 0.6) is 5.75 Å². The standard InChI is InChI=1S/C18H22N4OS/c1-13(2)12-23-17-6-4-5-15(9-17)10-19-8-7-16-11-22-18(20-16)24-14(3)21-22/h4-6,9,11,19H,1,7-8,10,12H2,2-3H3. The second-order valence-corrected chi connectivity index (χ2v) is 7.06. The third kappa shape index (κ3) is 4.43. The molecule has 0 unspecified atom stereocenters. The molecule has 0 aliphatic heterocycles. The zero-order chi connectivity index (χ0) is 16.9. The number of benzene rings is 1. The third-order valence-corrected chi connectivity index (χ3v) is 4.30. The highest BCUT2D eigenvalue weighted by atomic mass is 32.1. The molecule has 0 saturated heterocycles. The van der Waals surface area contributed by atoms with Crippen LogP contribution in [0.1, 0.15) is 23.2 Å². The zero-order valence-electron chi connectivity index (χ0n) is 14.1. The minimum absolute atomic E-state index is 0.557. The first-order valence-corrected chi connectivity index (χ1v) is 8.80. The van der Waals surface area contributed by atoms with Crippen LogP contribution in [0, 0.1) is 6.92 Å². The Morgan fingerprint density at radius 2 is 2.29 bits per heavy atom. The fourth-order valence-electron chi connectivity index (χ4n) is 2.37. The van der Waals surface area contributed by atoms with Crippen molar-refractivity contribution >= 4 is 16.3 Å². The maximum absolute atomic E-state index is 5.67. The topological polar surface area (TPSA) is 51.5 Å². The van der Waals surface area contributed by atoms with E-state index in [2.05, 4.69) is 34.1 Å². The van der Waals surface area contributed by atoms with Crippen LogP contribution in [0.4, 0.5) is 0 Å². The Morgan fingerprint density at radius 3 is 3.08 bits per heavy atom. The molecule has 0 bridgehead atoms. The van der Waals surface area contributed by atoms with Gasteiger partial charge in [-0.15, -0.1) is 0 Å². The van der Waals surface area contributed by atoms with E-state index in [0.717, 1.165) is 46.5 Å². The van der Waals surface area contributed by atoms with Crippen molar-refractivity contribution in [2.75, 3.05) is 13.2 Å². The van der Waals surface area contributed by atoms with Crippen LogP contribution in [0.2, 0.25) is 0 Å². The van der Waals surface area contributed by atoms with Crippen molar-refractivity contribution in [3.05, 3.63) is 58.9 Å². The molecule has 0 fully saturated rings. The van der Waals surface area contributed by atoms with Crippen LogP contribution >= 0.6 is 11.3 Å². The second kappa shape index (κ2) is 7.59. The average Bonchev–Trinajstić information content (AvgIpc) is 3.07. The van der Waals surface area contributed by atoms with E-state index in [1.165, 1.54) is 5.56 Å². The van der Waals surface area contributed by atoms with Crippen molar-refractivity contribution < 1.29 is 4.74 Å². The molecule has 0 aliphatic carbocycles. The minimum atomic E-state index is 0.557. The van der Waals surface area contributed by atoms with Crippen LogP contribution in [-0.4, -0.2) is 27.7 Å². The third-order valence-electron chi connectivity index (χ3n) is 3.46. The minimum Gasteiger partial charge on any atom is -0.489 e. The molecule has 1 aromatic carbocycles. The first kappa shape index (κ1) is 16.7. The van der Waals surface area contributed by atoms with Gasteiger partial charge in [0.25, 0.3) is 0 Å². The lowest BCUT2D eigenvalue weighted by Gasteiger charge is -2.08. The Kier molecular flexibility index (Phi) is 5.27. The van der Waals surface area contributed by atoms with Crippen molar-refractivity contribution in [1.82, 2.24) is 19.9 Å². The van der Waals surface area contributed by atoms with Crippen LogP contribution in [0.3, 0.4) is 0 Å². The second-order valence-electron chi connectivity index (χ2n) is 5.90. The Labute approximate surface area is 146 Å². The van der Waals surface area contributed by atoms with E-state index in [9.17, 15) is 0 Å². The number of ether oxygens (including phenoxy) is 1. The van der Waals surface area contributed by atoms with E-state index in [-0.39, 0.29) is 0 Å². The van der Waals surface area contributed by atoms with Gasteiger partial charge in [0.2, 0.25) is 4.96 Å². The highest BCUT2D eigenvalue weighted by Crippen LogP contribution is 2.15. The van der Waals surface area contributed by atoms with Gasteiger partial charge in [-0.3, -0.25) is 0 Å². The van der Waals surface area contributed by atoms with Gasteiger partial charge in [-0.05, 0) is 37.1 Å². The molecule has 6 heteroatoms. The summed E-state index contributed by atoms with van der Waals surface area (Å²) in [5.74, 6) is 0.882. The Hall–Kier alpha value is -2.18. The van der Waals surface area contributed by atoms with Crippen LogP contribution < -0.4 is 10.1 Å². The highest BCUT2D eigenvalue weighted by molar-refractivity contribution is 7.16. The molecule has 5 nitrogen and oxygen atoms in total. The maximum atomic E-state index is 5.67. The van der Waals surface area contributed by atoms with Crippen LogP contribution in [0.25, 0.3) is 4.96 Å². The number of fused-ring (bicyclic) bond motifs is 1. The zero-order valence-corrected chi connectivity index (χ0v) is 14.9. The maximum Gasteiger partial charge on any atom is 0.212 e. The average molecular weight is 342 g/mol. The van der Waals surface area contributed by atoms with Crippen LogP contribution in [0.15, 0.2) is 42.6 Å². The van der Waals surface area contributed by atoms with E-state index >= 15 is 0 Å². The van der Waals surface area contributed by atoms with E-state index in [1.54, 1.807) is 11.3 Å². The van der Waals surface area contributed by atoms with E-state index in [1.807, 2.05) is 36.7 Å². The molecule has 0 saturated carbocycles. The molecule has 24 heavy (non-hydrogen) atoms. The molecule has 0 spiro atoms. The van der Waals surface area contributed by atoms with Crippen molar-refractivity contribution in [1.29, 1.82) is 0 Å². The number of aryl methyl sites for hydroxylation is 1. The number of rotatable bonds is 8. The summed E-state index contributed by atoms with van der Waals surface area (Å²) >= 11 is 1.62. The normalized spacial score (nSPS) is 11.1. The van der Waals surface area contributed by atoms with E-state index < -0.39 is 0 Å². The monoisotopic (exact) mass is 342 g/mol. The largest absolute Gasteiger partial charge is 0.489 e. The lowest BCUT2D eigenvalue weighted by atomic mass is 10.2. The number of nitrogens with zero attached hydrogens (tertiary/aromatic N) is 3. The fourth-order valence-corrected chi connectivity index (χ4v) is 3.11.